The number of amides is 4. The summed E-state index contributed by atoms with van der Waals surface area (Å²) in [5.41, 5.74) is 6.49. The highest BCUT2D eigenvalue weighted by molar-refractivity contribution is 7.80. The molecular weight excluding hydrogens is 476 g/mol. The molecule has 0 aliphatic carbocycles. The first-order valence-electron chi connectivity index (χ1n) is 10.6. The van der Waals surface area contributed by atoms with Gasteiger partial charge in [-0.3, -0.25) is 19.2 Å². The van der Waals surface area contributed by atoms with E-state index >= 15 is 0 Å². The number of benzene rings is 2. The molecule has 0 aromatic heterocycles. The van der Waals surface area contributed by atoms with Crippen LogP contribution >= 0.6 is 12.6 Å². The van der Waals surface area contributed by atoms with Gasteiger partial charge in [0.15, 0.2) is 11.5 Å². The van der Waals surface area contributed by atoms with Crippen LogP contribution in [-0.2, 0) is 32.0 Å². The summed E-state index contributed by atoms with van der Waals surface area (Å²) in [6.07, 6.45) is -0.0807. The Hall–Kier alpha value is -3.93. The third-order valence-corrected chi connectivity index (χ3v) is 5.39. The van der Waals surface area contributed by atoms with Gasteiger partial charge in [0.2, 0.25) is 23.6 Å². The third-order valence-electron chi connectivity index (χ3n) is 5.03. The Morgan fingerprint density at radius 1 is 0.800 bits per heavy atom. The van der Waals surface area contributed by atoms with Crippen molar-refractivity contribution in [1.29, 1.82) is 0 Å². The van der Waals surface area contributed by atoms with Crippen molar-refractivity contribution in [2.45, 2.75) is 37.9 Å². The molecule has 0 heterocycles. The molecule has 2 aromatic rings. The summed E-state index contributed by atoms with van der Waals surface area (Å²) in [4.78, 5) is 49.3. The van der Waals surface area contributed by atoms with Gasteiger partial charge in [-0.1, -0.05) is 18.2 Å². The van der Waals surface area contributed by atoms with E-state index in [0.717, 1.165) is 0 Å². The lowest BCUT2D eigenvalue weighted by molar-refractivity contribution is -0.132. The molecule has 0 spiro atoms. The number of hydrogen-bond acceptors (Lipinski definition) is 8. The fourth-order valence-electron chi connectivity index (χ4n) is 3.22. The Bertz CT molecular complexity index is 1080. The molecule has 2 rings (SSSR count). The fraction of sp³-hybridized carbons (Fsp3) is 0.304. The molecule has 11 nitrogen and oxygen atoms in total. The molecule has 0 aliphatic rings. The number of carbonyl (C=O) groups excluding carboxylic acids is 4. The van der Waals surface area contributed by atoms with Gasteiger partial charge >= 0.3 is 0 Å². The van der Waals surface area contributed by atoms with Crippen molar-refractivity contribution >= 4 is 36.3 Å². The monoisotopic (exact) mass is 504 g/mol. The lowest BCUT2D eigenvalue weighted by Gasteiger charge is -2.24. The number of hydrogen-bond donors (Lipinski definition) is 8. The van der Waals surface area contributed by atoms with Gasteiger partial charge in [-0.2, -0.15) is 12.6 Å². The van der Waals surface area contributed by atoms with Crippen LogP contribution in [0.5, 0.6) is 17.2 Å². The summed E-state index contributed by atoms with van der Waals surface area (Å²) in [7, 11) is 0. The van der Waals surface area contributed by atoms with Gasteiger partial charge < -0.3 is 37.0 Å². The molecule has 4 amide bonds. The van der Waals surface area contributed by atoms with Crippen LogP contribution in [0.4, 0.5) is 0 Å². The van der Waals surface area contributed by atoms with Crippen molar-refractivity contribution < 1.29 is 34.5 Å². The minimum absolute atomic E-state index is 0.0336. The van der Waals surface area contributed by atoms with Crippen LogP contribution in [0.2, 0.25) is 0 Å². The maximum atomic E-state index is 13.1. The van der Waals surface area contributed by atoms with Crippen LogP contribution in [0, 0.1) is 0 Å². The Balaban J connectivity index is 2.25. The smallest absolute Gasteiger partial charge is 0.244 e. The molecule has 3 atom stereocenters. The zero-order chi connectivity index (χ0) is 26.1. The first-order valence-corrected chi connectivity index (χ1v) is 11.2. The molecule has 0 bridgehead atoms. The van der Waals surface area contributed by atoms with Gasteiger partial charge in [-0.05, 0) is 35.4 Å². The van der Waals surface area contributed by atoms with Gasteiger partial charge in [0, 0.05) is 25.5 Å². The highest BCUT2D eigenvalue weighted by Crippen LogP contribution is 2.25. The molecule has 188 valence electrons. The van der Waals surface area contributed by atoms with Crippen molar-refractivity contribution in [2.75, 3.05) is 5.75 Å². The van der Waals surface area contributed by atoms with E-state index in [4.69, 9.17) is 5.73 Å². The zero-order valence-corrected chi connectivity index (χ0v) is 19.8. The normalized spacial score (nSPS) is 13.2. The predicted octanol–water partition coefficient (Wildman–Crippen LogP) is -0.522. The summed E-state index contributed by atoms with van der Waals surface area (Å²) in [5.74, 6) is -3.49. The molecule has 2 aromatic carbocycles. The van der Waals surface area contributed by atoms with E-state index in [0.29, 0.717) is 11.1 Å². The third kappa shape index (κ3) is 8.41. The minimum atomic E-state index is -1.23. The van der Waals surface area contributed by atoms with Gasteiger partial charge in [0.05, 0.1) is 0 Å². The Kier molecular flexibility index (Phi) is 9.76. The topological polar surface area (TPSA) is 191 Å². The summed E-state index contributed by atoms with van der Waals surface area (Å²) in [6, 6.07) is 6.52. The number of primary amides is 1. The Labute approximate surface area is 207 Å². The van der Waals surface area contributed by atoms with Crippen LogP contribution in [0.15, 0.2) is 42.5 Å². The van der Waals surface area contributed by atoms with Crippen LogP contribution in [0.25, 0.3) is 0 Å². The molecule has 0 saturated carbocycles. The molecule has 8 N–H and O–H groups in total. The van der Waals surface area contributed by atoms with Crippen molar-refractivity contribution in [3.05, 3.63) is 53.6 Å². The number of rotatable bonds is 11. The number of nitrogens with two attached hydrogens (primary N) is 1. The Morgan fingerprint density at radius 2 is 1.34 bits per heavy atom. The van der Waals surface area contributed by atoms with Gasteiger partial charge in [-0.25, -0.2) is 0 Å². The lowest BCUT2D eigenvalue weighted by Crippen LogP contribution is -2.57. The van der Waals surface area contributed by atoms with E-state index in [-0.39, 0.29) is 30.1 Å². The number of thiol groups is 1. The van der Waals surface area contributed by atoms with Crippen molar-refractivity contribution in [3.8, 4) is 17.2 Å². The SMILES string of the molecule is CC(=O)N[C@@H](CS)C(=O)N[C@@H](Cc1ccc(O)c(O)c1)C(=O)N[C@@H](Cc1ccc(O)cc1)C(N)=O. The van der Waals surface area contributed by atoms with Crippen molar-refractivity contribution in [3.63, 3.8) is 0 Å². The van der Waals surface area contributed by atoms with Crippen LogP contribution in [-0.4, -0.2) is 62.8 Å². The highest BCUT2D eigenvalue weighted by atomic mass is 32.1. The zero-order valence-electron chi connectivity index (χ0n) is 18.9. The molecule has 12 heteroatoms. The first kappa shape index (κ1) is 27.3. The van der Waals surface area contributed by atoms with Crippen LogP contribution in [0.3, 0.4) is 0 Å². The Morgan fingerprint density at radius 3 is 1.89 bits per heavy atom. The summed E-state index contributed by atoms with van der Waals surface area (Å²) in [5, 5.41) is 36.2. The number of nitrogens with one attached hydrogen (secondary N) is 3. The number of carbonyl (C=O) groups is 4. The molecule has 0 aliphatic heterocycles. The molecule has 35 heavy (non-hydrogen) atoms. The molecule has 0 radical (unpaired) electrons. The summed E-state index contributed by atoms with van der Waals surface area (Å²) in [6.45, 7) is 1.23. The van der Waals surface area contributed by atoms with Crippen LogP contribution < -0.4 is 21.7 Å². The predicted molar refractivity (Wildman–Crippen MR) is 130 cm³/mol. The first-order chi connectivity index (χ1) is 16.5. The van der Waals surface area contributed by atoms with Crippen molar-refractivity contribution in [2.24, 2.45) is 5.73 Å². The van der Waals surface area contributed by atoms with E-state index in [9.17, 15) is 34.5 Å². The summed E-state index contributed by atoms with van der Waals surface area (Å²) >= 11 is 4.06. The molecule has 0 saturated heterocycles. The second-order valence-electron chi connectivity index (χ2n) is 7.86. The fourth-order valence-corrected chi connectivity index (χ4v) is 3.47. The molecule has 0 fully saturated rings. The largest absolute Gasteiger partial charge is 0.508 e. The summed E-state index contributed by atoms with van der Waals surface area (Å²) < 4.78 is 0. The molecule has 0 unspecified atom stereocenters. The number of phenols is 3. The number of phenolic OH excluding ortho intramolecular Hbond substituents is 3. The quantitative estimate of drug-likeness (QED) is 0.149. The highest BCUT2D eigenvalue weighted by Gasteiger charge is 2.29. The average Bonchev–Trinajstić information content (AvgIpc) is 2.79. The maximum absolute atomic E-state index is 13.1. The van der Waals surface area contributed by atoms with Gasteiger partial charge in [0.25, 0.3) is 0 Å². The van der Waals surface area contributed by atoms with E-state index in [1.807, 2.05) is 0 Å². The van der Waals surface area contributed by atoms with E-state index in [1.54, 1.807) is 12.1 Å². The minimum Gasteiger partial charge on any atom is -0.508 e. The van der Waals surface area contributed by atoms with E-state index < -0.39 is 47.5 Å². The number of aromatic hydroxyl groups is 3. The maximum Gasteiger partial charge on any atom is 0.244 e. The molecular formula is C23H28N4O7S. The standard InChI is InChI=1S/C23H28N4O7S/c1-12(28)25-18(11-35)23(34)27-17(9-14-4-7-19(30)20(31)10-14)22(33)26-16(21(24)32)8-13-2-5-15(29)6-3-13/h2-7,10,16-18,29-31,35H,8-9,11H2,1H3,(H2,24,32)(H,25,28)(H,26,33)(H,27,34)/t16-,17-,18-/m0/s1. The van der Waals surface area contributed by atoms with Crippen molar-refractivity contribution in [1.82, 2.24) is 16.0 Å². The average molecular weight is 505 g/mol. The van der Waals surface area contributed by atoms with E-state index in [1.165, 1.54) is 37.3 Å². The lowest BCUT2D eigenvalue weighted by atomic mass is 10.0. The second-order valence-corrected chi connectivity index (χ2v) is 8.22. The van der Waals surface area contributed by atoms with E-state index in [2.05, 4.69) is 28.6 Å². The van der Waals surface area contributed by atoms with Crippen LogP contribution in [0.1, 0.15) is 18.1 Å². The van der Waals surface area contributed by atoms with Gasteiger partial charge in [-0.15, -0.1) is 0 Å². The second kappa shape index (κ2) is 12.5. The van der Waals surface area contributed by atoms with Gasteiger partial charge in [0.1, 0.15) is 23.9 Å².